The average Bonchev–Trinajstić information content (AvgIpc) is 2.90. The van der Waals surface area contributed by atoms with Crippen LogP contribution in [0.5, 0.6) is 5.75 Å². The van der Waals surface area contributed by atoms with Crippen molar-refractivity contribution in [1.29, 1.82) is 0 Å². The van der Waals surface area contributed by atoms with Gasteiger partial charge in [-0.05, 0) is 41.6 Å². The van der Waals surface area contributed by atoms with Crippen LogP contribution in [-0.4, -0.2) is 21.2 Å². The van der Waals surface area contributed by atoms with Crippen molar-refractivity contribution in [3.8, 4) is 5.75 Å². The van der Waals surface area contributed by atoms with Gasteiger partial charge in [0.25, 0.3) is 0 Å². The molecule has 2 aromatic carbocycles. The first kappa shape index (κ1) is 19.9. The number of benzene rings is 2. The molecule has 0 bridgehead atoms. The lowest BCUT2D eigenvalue weighted by Gasteiger charge is -2.47. The second-order valence-corrected chi connectivity index (χ2v) is 10.1. The van der Waals surface area contributed by atoms with Gasteiger partial charge in [0.05, 0.1) is 6.42 Å². The van der Waals surface area contributed by atoms with Crippen LogP contribution in [0, 0.1) is 5.41 Å². The van der Waals surface area contributed by atoms with Gasteiger partial charge in [0.1, 0.15) is 5.75 Å². The third-order valence-corrected chi connectivity index (χ3v) is 5.57. The van der Waals surface area contributed by atoms with Crippen LogP contribution in [0.1, 0.15) is 31.9 Å². The van der Waals surface area contributed by atoms with Crippen molar-refractivity contribution in [2.75, 3.05) is 0 Å². The third kappa shape index (κ3) is 3.16. The highest BCUT2D eigenvalue weighted by molar-refractivity contribution is 6.48. The summed E-state index contributed by atoms with van der Waals surface area (Å²) in [5.41, 5.74) is -3.00. The van der Waals surface area contributed by atoms with Crippen LogP contribution in [-0.2, 0) is 21.2 Å². The Bertz CT molecular complexity index is 884. The van der Waals surface area contributed by atoms with Gasteiger partial charge in [-0.2, -0.15) is 13.2 Å². The molecule has 1 radical (unpaired) electrons. The number of hydrogen-bond donors (Lipinski definition) is 0. The maximum Gasteiger partial charge on any atom is 0.421 e. The fourth-order valence-electron chi connectivity index (χ4n) is 3.76. The molecule has 145 valence electrons. The zero-order chi connectivity index (χ0) is 20.2. The molecule has 3 nitrogen and oxygen atoms in total. The molecule has 3 rings (SSSR count). The summed E-state index contributed by atoms with van der Waals surface area (Å²) >= 11 is 0. The second kappa shape index (κ2) is 6.34. The maximum atomic E-state index is 14.5. The molecule has 0 spiro atoms. The Kier molecular flexibility index (Phi) is 4.67. The fourth-order valence-corrected chi connectivity index (χ4v) is 4.91. The Labute approximate surface area is 158 Å². The van der Waals surface area contributed by atoms with Crippen molar-refractivity contribution >= 4 is 25.8 Å². The number of halogens is 3. The Hall–Kier alpha value is -1.86. The van der Waals surface area contributed by atoms with E-state index in [1.165, 1.54) is 32.9 Å². The average molecular weight is 395 g/mol. The molecule has 0 aliphatic carbocycles. The van der Waals surface area contributed by atoms with E-state index in [0.717, 1.165) is 5.39 Å². The number of carbonyl (C=O) groups is 1. The molecule has 0 amide bonds. The Morgan fingerprint density at radius 1 is 1.07 bits per heavy atom. The van der Waals surface area contributed by atoms with E-state index < -0.39 is 32.2 Å². The van der Waals surface area contributed by atoms with E-state index >= 15 is 0 Å². The smallest absolute Gasteiger partial charge is 0.421 e. The van der Waals surface area contributed by atoms with E-state index in [1.54, 1.807) is 31.3 Å². The highest BCUT2D eigenvalue weighted by Crippen LogP contribution is 2.54. The standard InChI is InChI=1S/C20H22F3O3Si/c1-18(2,3)19(20(21,22)23,26-27(4)5)13-8-6-12-7-9-16-15(14(12)10-13)11-17(24)25-16/h6-10H,11H2,1-5H3. The maximum absolute atomic E-state index is 14.5. The molecule has 0 N–H and O–H groups in total. The number of carbonyl (C=O) groups excluding carboxylic acids is 1. The summed E-state index contributed by atoms with van der Waals surface area (Å²) in [6.07, 6.45) is -4.55. The third-order valence-electron chi connectivity index (χ3n) is 4.85. The van der Waals surface area contributed by atoms with Crippen molar-refractivity contribution in [3.05, 3.63) is 41.5 Å². The van der Waals surface area contributed by atoms with E-state index in [-0.39, 0.29) is 12.0 Å². The minimum absolute atomic E-state index is 0.0500. The van der Waals surface area contributed by atoms with Crippen LogP contribution < -0.4 is 4.74 Å². The van der Waals surface area contributed by atoms with Crippen molar-refractivity contribution < 1.29 is 27.1 Å². The molecule has 1 heterocycles. The summed E-state index contributed by atoms with van der Waals surface area (Å²) in [7, 11) is -1.67. The first-order chi connectivity index (χ1) is 12.4. The van der Waals surface area contributed by atoms with E-state index in [9.17, 15) is 18.0 Å². The van der Waals surface area contributed by atoms with Crippen molar-refractivity contribution in [2.45, 2.75) is 52.1 Å². The Morgan fingerprint density at radius 2 is 1.70 bits per heavy atom. The predicted octanol–water partition coefficient (Wildman–Crippen LogP) is 5.37. The van der Waals surface area contributed by atoms with Crippen LogP contribution in [0.2, 0.25) is 13.1 Å². The number of ether oxygens (including phenoxy) is 1. The van der Waals surface area contributed by atoms with Gasteiger partial charge in [-0.25, -0.2) is 0 Å². The second-order valence-electron chi connectivity index (χ2n) is 8.07. The highest BCUT2D eigenvalue weighted by atomic mass is 28.3. The van der Waals surface area contributed by atoms with Crippen LogP contribution >= 0.6 is 0 Å². The largest absolute Gasteiger partial charge is 0.426 e. The number of fused-ring (bicyclic) bond motifs is 3. The lowest BCUT2D eigenvalue weighted by atomic mass is 9.71. The zero-order valence-electron chi connectivity index (χ0n) is 16.0. The van der Waals surface area contributed by atoms with E-state index in [0.29, 0.717) is 16.7 Å². The quantitative estimate of drug-likeness (QED) is 0.398. The summed E-state index contributed by atoms with van der Waals surface area (Å²) in [5, 5.41) is 1.36. The summed E-state index contributed by atoms with van der Waals surface area (Å²) < 4.78 is 54.3. The first-order valence-corrected chi connectivity index (χ1v) is 11.1. The van der Waals surface area contributed by atoms with Crippen molar-refractivity contribution in [1.82, 2.24) is 0 Å². The van der Waals surface area contributed by atoms with Gasteiger partial charge in [-0.15, -0.1) is 0 Å². The molecule has 0 saturated carbocycles. The summed E-state index contributed by atoms with van der Waals surface area (Å²) in [6.45, 7) is 8.01. The van der Waals surface area contributed by atoms with Gasteiger partial charge in [0.15, 0.2) is 5.60 Å². The molecule has 7 heteroatoms. The van der Waals surface area contributed by atoms with Crippen LogP contribution in [0.15, 0.2) is 30.3 Å². The molecule has 0 saturated heterocycles. The van der Waals surface area contributed by atoms with Gasteiger partial charge in [0.2, 0.25) is 9.04 Å². The molecule has 1 aliphatic rings. The number of rotatable bonds is 3. The van der Waals surface area contributed by atoms with Crippen LogP contribution in [0.4, 0.5) is 13.2 Å². The van der Waals surface area contributed by atoms with Gasteiger partial charge >= 0.3 is 12.1 Å². The first-order valence-electron chi connectivity index (χ1n) is 8.69. The number of alkyl halides is 3. The molecule has 0 fully saturated rings. The minimum atomic E-state index is -4.61. The SMILES string of the molecule is C[Si](C)OC(c1ccc2ccc3c(c2c1)CC(=O)O3)(C(C)(C)C)C(F)(F)F. The van der Waals surface area contributed by atoms with Gasteiger partial charge < -0.3 is 9.16 Å². The summed E-state index contributed by atoms with van der Waals surface area (Å²) in [6, 6.07) is 8.08. The van der Waals surface area contributed by atoms with Crippen LogP contribution in [0.25, 0.3) is 10.8 Å². The Morgan fingerprint density at radius 3 is 2.26 bits per heavy atom. The summed E-state index contributed by atoms with van der Waals surface area (Å²) in [4.78, 5) is 11.7. The monoisotopic (exact) mass is 395 g/mol. The van der Waals surface area contributed by atoms with Gasteiger partial charge in [-0.1, -0.05) is 39.0 Å². The predicted molar refractivity (Wildman–Crippen MR) is 99.0 cm³/mol. The fraction of sp³-hybridized carbons (Fsp3) is 0.450. The van der Waals surface area contributed by atoms with E-state index in [2.05, 4.69) is 0 Å². The zero-order valence-corrected chi connectivity index (χ0v) is 17.0. The molecule has 1 unspecified atom stereocenters. The van der Waals surface area contributed by atoms with Gasteiger partial charge in [0, 0.05) is 11.0 Å². The molecule has 1 aliphatic heterocycles. The number of esters is 1. The summed E-state index contributed by atoms with van der Waals surface area (Å²) in [5.74, 6) is 0.0133. The van der Waals surface area contributed by atoms with Crippen molar-refractivity contribution in [3.63, 3.8) is 0 Å². The minimum Gasteiger partial charge on any atom is -0.426 e. The lowest BCUT2D eigenvalue weighted by molar-refractivity contribution is -0.292. The molecule has 0 aromatic heterocycles. The van der Waals surface area contributed by atoms with E-state index in [1.807, 2.05) is 0 Å². The van der Waals surface area contributed by atoms with Gasteiger partial charge in [-0.3, -0.25) is 4.79 Å². The van der Waals surface area contributed by atoms with E-state index in [4.69, 9.17) is 9.16 Å². The Balaban J connectivity index is 2.31. The van der Waals surface area contributed by atoms with Crippen LogP contribution in [0.3, 0.4) is 0 Å². The number of hydrogen-bond acceptors (Lipinski definition) is 3. The van der Waals surface area contributed by atoms with Crippen molar-refractivity contribution in [2.24, 2.45) is 5.41 Å². The highest BCUT2D eigenvalue weighted by Gasteiger charge is 2.64. The molecular formula is C20H22F3O3Si. The topological polar surface area (TPSA) is 35.5 Å². The molecule has 1 atom stereocenters. The molecular weight excluding hydrogens is 373 g/mol. The lowest BCUT2D eigenvalue weighted by Crippen LogP contribution is -2.55. The molecule has 27 heavy (non-hydrogen) atoms. The molecule has 2 aromatic rings. The normalized spacial score (nSPS) is 17.1.